The predicted molar refractivity (Wildman–Crippen MR) is 113 cm³/mol. The Morgan fingerprint density at radius 3 is 2.45 bits per heavy atom. The standard InChI is InChI=1S/C21H25N5O5/c27-10-7-22-20(30)23-15-3-1-14(2-4-15)18-24-16(21(5-6-21)19(28)29)13-17(25-18)26-8-11-31-12-9-26/h1-4,13,27H,5-12H2,(H,28,29)(H2,22,23,30). The monoisotopic (exact) mass is 427 g/mol. The van der Waals surface area contributed by atoms with Gasteiger partial charge < -0.3 is 30.5 Å². The Hall–Kier alpha value is -3.24. The SMILES string of the molecule is O=C(NCCO)Nc1ccc(-c2nc(N3CCOCC3)cc(C3(C(=O)O)CC3)n2)cc1. The molecule has 2 fully saturated rings. The van der Waals surface area contributed by atoms with Crippen molar-refractivity contribution < 1.29 is 24.5 Å². The zero-order valence-electron chi connectivity index (χ0n) is 17.0. The van der Waals surface area contributed by atoms with E-state index in [1.807, 2.05) is 0 Å². The molecule has 31 heavy (non-hydrogen) atoms. The number of nitrogens with one attached hydrogen (secondary N) is 2. The molecule has 2 amide bonds. The molecule has 1 saturated carbocycles. The predicted octanol–water partition coefficient (Wildman–Crippen LogP) is 1.21. The minimum Gasteiger partial charge on any atom is -0.481 e. The molecule has 2 heterocycles. The van der Waals surface area contributed by atoms with Gasteiger partial charge in [-0.15, -0.1) is 0 Å². The zero-order valence-corrected chi connectivity index (χ0v) is 17.0. The van der Waals surface area contributed by atoms with Gasteiger partial charge in [0, 0.05) is 37.0 Å². The highest BCUT2D eigenvalue weighted by atomic mass is 16.5. The van der Waals surface area contributed by atoms with Crippen LogP contribution < -0.4 is 15.5 Å². The molecule has 1 aliphatic carbocycles. The highest BCUT2D eigenvalue weighted by Crippen LogP contribution is 2.48. The van der Waals surface area contributed by atoms with Gasteiger partial charge in [0.15, 0.2) is 5.82 Å². The van der Waals surface area contributed by atoms with E-state index in [4.69, 9.17) is 14.8 Å². The van der Waals surface area contributed by atoms with Crippen molar-refractivity contribution in [3.05, 3.63) is 36.0 Å². The van der Waals surface area contributed by atoms with Gasteiger partial charge in [0.25, 0.3) is 0 Å². The van der Waals surface area contributed by atoms with E-state index in [-0.39, 0.29) is 13.2 Å². The van der Waals surface area contributed by atoms with Crippen LogP contribution in [0.3, 0.4) is 0 Å². The van der Waals surface area contributed by atoms with Crippen molar-refractivity contribution >= 4 is 23.5 Å². The first-order valence-corrected chi connectivity index (χ1v) is 10.2. The molecule has 1 aromatic carbocycles. The van der Waals surface area contributed by atoms with Crippen LogP contribution in [0, 0.1) is 0 Å². The number of carbonyl (C=O) groups excluding carboxylic acids is 1. The fraction of sp³-hybridized carbons (Fsp3) is 0.429. The number of ether oxygens (including phenoxy) is 1. The zero-order chi connectivity index (χ0) is 21.8. The minimum absolute atomic E-state index is 0.136. The molecule has 4 rings (SSSR count). The summed E-state index contributed by atoms with van der Waals surface area (Å²) in [4.78, 5) is 35.0. The first-order chi connectivity index (χ1) is 15.0. The first-order valence-electron chi connectivity index (χ1n) is 10.2. The van der Waals surface area contributed by atoms with Crippen molar-refractivity contribution in [2.45, 2.75) is 18.3 Å². The number of rotatable bonds is 7. The molecule has 1 saturated heterocycles. The van der Waals surface area contributed by atoms with Crippen LogP contribution in [0.5, 0.6) is 0 Å². The number of carbonyl (C=O) groups is 2. The third kappa shape index (κ3) is 4.59. The summed E-state index contributed by atoms with van der Waals surface area (Å²) in [6, 6.07) is 8.39. The highest BCUT2D eigenvalue weighted by Gasteiger charge is 2.53. The smallest absolute Gasteiger partial charge is 0.319 e. The maximum absolute atomic E-state index is 11.9. The van der Waals surface area contributed by atoms with E-state index in [1.165, 1.54) is 0 Å². The van der Waals surface area contributed by atoms with Gasteiger partial charge >= 0.3 is 12.0 Å². The Labute approximate surface area is 179 Å². The van der Waals surface area contributed by atoms with Crippen molar-refractivity contribution in [3.63, 3.8) is 0 Å². The van der Waals surface area contributed by atoms with Crippen LogP contribution in [0.1, 0.15) is 18.5 Å². The van der Waals surface area contributed by atoms with E-state index in [2.05, 4.69) is 20.5 Å². The van der Waals surface area contributed by atoms with E-state index < -0.39 is 17.4 Å². The fourth-order valence-electron chi connectivity index (χ4n) is 3.52. The number of hydrogen-bond acceptors (Lipinski definition) is 7. The lowest BCUT2D eigenvalue weighted by Crippen LogP contribution is -2.37. The number of urea groups is 1. The number of nitrogens with zero attached hydrogens (tertiary/aromatic N) is 3. The largest absolute Gasteiger partial charge is 0.481 e. The molecule has 2 aliphatic rings. The molecule has 0 bridgehead atoms. The molecule has 10 nitrogen and oxygen atoms in total. The van der Waals surface area contributed by atoms with Gasteiger partial charge in [0.05, 0.1) is 25.5 Å². The Balaban J connectivity index is 1.62. The van der Waals surface area contributed by atoms with Crippen molar-refractivity contribution in [1.82, 2.24) is 15.3 Å². The summed E-state index contributed by atoms with van der Waals surface area (Å²) in [5.41, 5.74) is 0.884. The lowest BCUT2D eigenvalue weighted by atomic mass is 10.0. The average Bonchev–Trinajstić information content (AvgIpc) is 3.61. The first kappa shape index (κ1) is 21.0. The number of aliphatic hydroxyl groups is 1. The number of carboxylic acid groups (broad SMARTS) is 1. The van der Waals surface area contributed by atoms with Crippen LogP contribution in [0.15, 0.2) is 30.3 Å². The Morgan fingerprint density at radius 2 is 1.84 bits per heavy atom. The van der Waals surface area contributed by atoms with Crippen molar-refractivity contribution in [1.29, 1.82) is 0 Å². The summed E-state index contributed by atoms with van der Waals surface area (Å²) in [5, 5.41) is 23.7. The number of aliphatic hydroxyl groups excluding tert-OH is 1. The minimum atomic E-state index is -0.939. The molecule has 1 aliphatic heterocycles. The van der Waals surface area contributed by atoms with Crippen LogP contribution in [-0.4, -0.2) is 71.6 Å². The highest BCUT2D eigenvalue weighted by molar-refractivity contribution is 5.89. The molecule has 0 spiro atoms. The molecule has 0 radical (unpaired) electrons. The number of aliphatic carboxylic acids is 1. The Bertz CT molecular complexity index is 955. The second kappa shape index (κ2) is 8.86. The number of carboxylic acids is 1. The van der Waals surface area contributed by atoms with Crippen LogP contribution >= 0.6 is 0 Å². The Morgan fingerprint density at radius 1 is 1.13 bits per heavy atom. The van der Waals surface area contributed by atoms with Crippen molar-refractivity contribution in [2.24, 2.45) is 0 Å². The van der Waals surface area contributed by atoms with E-state index >= 15 is 0 Å². The number of hydrogen-bond donors (Lipinski definition) is 4. The molecule has 0 atom stereocenters. The normalized spacial score (nSPS) is 17.1. The average molecular weight is 427 g/mol. The molecule has 10 heteroatoms. The summed E-state index contributed by atoms with van der Waals surface area (Å²) in [6.07, 6.45) is 1.13. The van der Waals surface area contributed by atoms with Gasteiger partial charge in [-0.1, -0.05) is 0 Å². The summed E-state index contributed by atoms with van der Waals surface area (Å²) in [7, 11) is 0. The second-order valence-electron chi connectivity index (χ2n) is 7.60. The lowest BCUT2D eigenvalue weighted by molar-refractivity contribution is -0.140. The van der Waals surface area contributed by atoms with Gasteiger partial charge in [-0.25, -0.2) is 14.8 Å². The summed E-state index contributed by atoms with van der Waals surface area (Å²) in [5.74, 6) is 0.280. The molecule has 4 N–H and O–H groups in total. The van der Waals surface area contributed by atoms with Gasteiger partial charge in [-0.3, -0.25) is 4.79 Å². The number of aromatic nitrogens is 2. The molecule has 0 unspecified atom stereocenters. The number of anilines is 2. The number of amides is 2. The number of morpholine rings is 1. The maximum atomic E-state index is 11.9. The van der Waals surface area contributed by atoms with E-state index in [0.29, 0.717) is 62.2 Å². The topological polar surface area (TPSA) is 137 Å². The second-order valence-corrected chi connectivity index (χ2v) is 7.60. The van der Waals surface area contributed by atoms with Crippen LogP contribution in [-0.2, 0) is 14.9 Å². The maximum Gasteiger partial charge on any atom is 0.319 e. The molecule has 1 aromatic heterocycles. The van der Waals surface area contributed by atoms with Gasteiger partial charge in [-0.05, 0) is 37.1 Å². The van der Waals surface area contributed by atoms with Gasteiger partial charge in [-0.2, -0.15) is 0 Å². The van der Waals surface area contributed by atoms with E-state index in [9.17, 15) is 14.7 Å². The third-order valence-electron chi connectivity index (χ3n) is 5.50. The summed E-state index contributed by atoms with van der Waals surface area (Å²) in [6.45, 7) is 2.59. The quantitative estimate of drug-likeness (QED) is 0.518. The van der Waals surface area contributed by atoms with Gasteiger partial charge in [0.1, 0.15) is 11.2 Å². The van der Waals surface area contributed by atoms with Crippen molar-refractivity contribution in [3.8, 4) is 11.4 Å². The lowest BCUT2D eigenvalue weighted by Gasteiger charge is -2.28. The third-order valence-corrected chi connectivity index (χ3v) is 5.50. The van der Waals surface area contributed by atoms with Crippen LogP contribution in [0.25, 0.3) is 11.4 Å². The van der Waals surface area contributed by atoms with E-state index in [0.717, 1.165) is 5.56 Å². The number of benzene rings is 1. The Kier molecular flexibility index (Phi) is 6.01. The van der Waals surface area contributed by atoms with Crippen LogP contribution in [0.4, 0.5) is 16.3 Å². The molecular formula is C21H25N5O5. The van der Waals surface area contributed by atoms with Crippen molar-refractivity contribution in [2.75, 3.05) is 49.7 Å². The molecule has 2 aromatic rings. The molecular weight excluding hydrogens is 402 g/mol. The van der Waals surface area contributed by atoms with Crippen LogP contribution in [0.2, 0.25) is 0 Å². The van der Waals surface area contributed by atoms with E-state index in [1.54, 1.807) is 30.3 Å². The molecule has 164 valence electrons. The van der Waals surface area contributed by atoms with Gasteiger partial charge in [0.2, 0.25) is 0 Å². The summed E-state index contributed by atoms with van der Waals surface area (Å²) >= 11 is 0. The fourth-order valence-corrected chi connectivity index (χ4v) is 3.52. The summed E-state index contributed by atoms with van der Waals surface area (Å²) < 4.78 is 5.42.